The Morgan fingerprint density at radius 1 is 1.38 bits per heavy atom. The van der Waals surface area contributed by atoms with E-state index in [1.807, 2.05) is 12.4 Å². The maximum Gasteiger partial charge on any atom is 0.0410 e. The van der Waals surface area contributed by atoms with Gasteiger partial charge in [0.15, 0.2) is 0 Å². The first-order valence-corrected chi connectivity index (χ1v) is 6.68. The van der Waals surface area contributed by atoms with Crippen molar-refractivity contribution < 1.29 is 0 Å². The highest BCUT2D eigenvalue weighted by Crippen LogP contribution is 2.37. The van der Waals surface area contributed by atoms with E-state index in [0.717, 1.165) is 16.9 Å². The molecule has 16 heavy (non-hydrogen) atoms. The van der Waals surface area contributed by atoms with E-state index in [2.05, 4.69) is 38.4 Å². The molecule has 0 amide bonds. The number of allylic oxidation sites excluding steroid dienone is 1. The molecule has 1 aromatic heterocycles. The lowest BCUT2D eigenvalue weighted by Crippen LogP contribution is -2.39. The molecule has 3 heteroatoms. The van der Waals surface area contributed by atoms with Crippen LogP contribution in [0.5, 0.6) is 0 Å². The Hall–Kier alpha value is -0.670. The van der Waals surface area contributed by atoms with Crippen molar-refractivity contribution in [3.8, 4) is 0 Å². The molecule has 0 saturated carbocycles. The van der Waals surface area contributed by atoms with E-state index >= 15 is 0 Å². The van der Waals surface area contributed by atoms with Crippen molar-refractivity contribution in [1.82, 2.24) is 10.3 Å². The van der Waals surface area contributed by atoms with Crippen LogP contribution in [-0.2, 0) is 0 Å². The molecule has 1 saturated heterocycles. The van der Waals surface area contributed by atoms with E-state index in [4.69, 9.17) is 0 Å². The van der Waals surface area contributed by atoms with Gasteiger partial charge in [0.25, 0.3) is 0 Å². The number of nitrogens with one attached hydrogen (secondary N) is 1. The molecule has 1 aliphatic heterocycles. The van der Waals surface area contributed by atoms with Gasteiger partial charge in [-0.15, -0.1) is 0 Å². The Balaban J connectivity index is 1.90. The molecule has 0 unspecified atom stereocenters. The van der Waals surface area contributed by atoms with E-state index < -0.39 is 0 Å². The molecule has 84 valence electrons. The van der Waals surface area contributed by atoms with Crippen LogP contribution in [0.3, 0.4) is 0 Å². The van der Waals surface area contributed by atoms with Crippen molar-refractivity contribution in [2.24, 2.45) is 5.92 Å². The predicted molar refractivity (Wildman–Crippen MR) is 69.0 cm³/mol. The van der Waals surface area contributed by atoms with Gasteiger partial charge in [0, 0.05) is 22.9 Å². The number of rotatable bonds is 1. The zero-order chi connectivity index (χ0) is 11.0. The molecule has 2 atom stereocenters. The molecule has 1 aromatic rings. The summed E-state index contributed by atoms with van der Waals surface area (Å²) in [6.45, 7) is 1.15. The number of aromatic nitrogens is 1. The first-order chi connectivity index (χ1) is 7.84. The summed E-state index contributed by atoms with van der Waals surface area (Å²) in [5.74, 6) is 0.808. The van der Waals surface area contributed by atoms with Crippen LogP contribution in [0.25, 0.3) is 5.57 Å². The van der Waals surface area contributed by atoms with Gasteiger partial charge in [-0.25, -0.2) is 0 Å². The molecule has 0 radical (unpaired) electrons. The molecule has 0 spiro atoms. The van der Waals surface area contributed by atoms with Crippen molar-refractivity contribution in [2.75, 3.05) is 6.54 Å². The van der Waals surface area contributed by atoms with Gasteiger partial charge in [-0.1, -0.05) is 6.08 Å². The van der Waals surface area contributed by atoms with Crippen LogP contribution in [0.15, 0.2) is 29.0 Å². The Bertz CT molecular complexity index is 428. The van der Waals surface area contributed by atoms with Gasteiger partial charge in [0.2, 0.25) is 0 Å². The summed E-state index contributed by atoms with van der Waals surface area (Å²) in [5.41, 5.74) is 2.70. The van der Waals surface area contributed by atoms with Crippen molar-refractivity contribution in [2.45, 2.75) is 25.3 Å². The summed E-state index contributed by atoms with van der Waals surface area (Å²) in [5, 5.41) is 3.64. The van der Waals surface area contributed by atoms with E-state index in [1.54, 1.807) is 0 Å². The fraction of sp³-hybridized carbons (Fsp3) is 0.462. The molecule has 1 fully saturated rings. The van der Waals surface area contributed by atoms with Crippen molar-refractivity contribution >= 4 is 21.5 Å². The van der Waals surface area contributed by atoms with Gasteiger partial charge in [-0.2, -0.15) is 0 Å². The lowest BCUT2D eigenvalue weighted by molar-refractivity contribution is 0.346. The van der Waals surface area contributed by atoms with Crippen LogP contribution in [0.2, 0.25) is 0 Å². The highest BCUT2D eigenvalue weighted by atomic mass is 79.9. The second-order valence-corrected chi connectivity index (χ2v) is 5.54. The molecule has 2 heterocycles. The standard InChI is InChI=1S/C13H15BrN2/c14-11-6-10(7-15-8-11)12-4-3-9-2-1-5-16-13(9)12/h4,6-9,13,16H,1-3,5H2/t9-,13-/m1/s1. The smallest absolute Gasteiger partial charge is 0.0410 e. The fourth-order valence-corrected chi connectivity index (χ4v) is 3.21. The van der Waals surface area contributed by atoms with Crippen LogP contribution in [0, 0.1) is 5.92 Å². The summed E-state index contributed by atoms with van der Waals surface area (Å²) < 4.78 is 1.06. The van der Waals surface area contributed by atoms with E-state index in [0.29, 0.717) is 6.04 Å². The summed E-state index contributed by atoms with van der Waals surface area (Å²) in [7, 11) is 0. The molecule has 0 bridgehead atoms. The normalized spacial score (nSPS) is 28.7. The quantitative estimate of drug-likeness (QED) is 0.854. The topological polar surface area (TPSA) is 24.9 Å². The molecule has 1 aliphatic carbocycles. The number of fused-ring (bicyclic) bond motifs is 1. The summed E-state index contributed by atoms with van der Waals surface area (Å²) in [6.07, 6.45) is 10.1. The SMILES string of the molecule is Brc1cncc(C2=CC[C@H]3CCCN[C@@H]23)c1. The minimum Gasteiger partial charge on any atom is -0.310 e. The third-order valence-corrected chi connectivity index (χ3v) is 4.03. The number of hydrogen-bond acceptors (Lipinski definition) is 2. The predicted octanol–water partition coefficient (Wildman–Crippen LogP) is 3.00. The van der Waals surface area contributed by atoms with E-state index in [-0.39, 0.29) is 0 Å². The van der Waals surface area contributed by atoms with Gasteiger partial charge >= 0.3 is 0 Å². The van der Waals surface area contributed by atoms with Crippen LogP contribution < -0.4 is 5.32 Å². The van der Waals surface area contributed by atoms with Gasteiger partial charge in [0.05, 0.1) is 0 Å². The second-order valence-electron chi connectivity index (χ2n) is 4.62. The van der Waals surface area contributed by atoms with Crippen LogP contribution in [-0.4, -0.2) is 17.6 Å². The van der Waals surface area contributed by atoms with Crippen molar-refractivity contribution in [3.05, 3.63) is 34.6 Å². The Labute approximate surface area is 104 Å². The molecular weight excluding hydrogens is 264 g/mol. The minimum absolute atomic E-state index is 0.560. The van der Waals surface area contributed by atoms with Crippen molar-refractivity contribution in [1.29, 1.82) is 0 Å². The second kappa shape index (κ2) is 4.30. The van der Waals surface area contributed by atoms with Gasteiger partial charge < -0.3 is 5.32 Å². The Morgan fingerprint density at radius 3 is 3.19 bits per heavy atom. The van der Waals surface area contributed by atoms with Gasteiger partial charge in [-0.3, -0.25) is 4.98 Å². The first-order valence-electron chi connectivity index (χ1n) is 5.89. The van der Waals surface area contributed by atoms with Gasteiger partial charge in [0.1, 0.15) is 0 Å². The molecule has 2 aliphatic rings. The fourth-order valence-electron chi connectivity index (χ4n) is 2.85. The first kappa shape index (κ1) is 10.5. The van der Waals surface area contributed by atoms with Crippen LogP contribution >= 0.6 is 15.9 Å². The van der Waals surface area contributed by atoms with Gasteiger partial charge in [-0.05, 0) is 64.9 Å². The largest absolute Gasteiger partial charge is 0.310 e. The maximum absolute atomic E-state index is 4.25. The molecule has 1 N–H and O–H groups in total. The summed E-state index contributed by atoms with van der Waals surface area (Å²) >= 11 is 3.49. The highest BCUT2D eigenvalue weighted by molar-refractivity contribution is 9.10. The van der Waals surface area contributed by atoms with Crippen LogP contribution in [0.1, 0.15) is 24.8 Å². The Morgan fingerprint density at radius 2 is 2.31 bits per heavy atom. The number of pyridine rings is 1. The zero-order valence-corrected chi connectivity index (χ0v) is 10.7. The van der Waals surface area contributed by atoms with Crippen molar-refractivity contribution in [3.63, 3.8) is 0 Å². The summed E-state index contributed by atoms with van der Waals surface area (Å²) in [4.78, 5) is 4.25. The third-order valence-electron chi connectivity index (χ3n) is 3.60. The average Bonchev–Trinajstić information content (AvgIpc) is 2.72. The maximum atomic E-state index is 4.25. The average molecular weight is 279 g/mol. The monoisotopic (exact) mass is 278 g/mol. The number of hydrogen-bond donors (Lipinski definition) is 1. The van der Waals surface area contributed by atoms with Crippen LogP contribution in [0.4, 0.5) is 0 Å². The number of nitrogens with zero attached hydrogens (tertiary/aromatic N) is 1. The molecule has 2 nitrogen and oxygen atoms in total. The number of piperidine rings is 1. The van der Waals surface area contributed by atoms with E-state index in [9.17, 15) is 0 Å². The highest BCUT2D eigenvalue weighted by Gasteiger charge is 2.32. The lowest BCUT2D eigenvalue weighted by Gasteiger charge is -2.29. The molecular formula is C13H15BrN2. The Kier molecular flexibility index (Phi) is 2.82. The molecule has 3 rings (SSSR count). The van der Waals surface area contributed by atoms with E-state index in [1.165, 1.54) is 30.4 Å². The molecule has 0 aromatic carbocycles. The minimum atomic E-state index is 0.560. The third kappa shape index (κ3) is 1.82. The zero-order valence-electron chi connectivity index (χ0n) is 9.12. The number of halogens is 1. The summed E-state index contributed by atoms with van der Waals surface area (Å²) in [6, 6.07) is 2.72. The lowest BCUT2D eigenvalue weighted by atomic mass is 9.89.